The molecule has 1 aromatic carbocycles. The van der Waals surface area contributed by atoms with Crippen molar-refractivity contribution in [3.05, 3.63) is 35.9 Å². The maximum atomic E-state index is 11.7. The highest BCUT2D eigenvalue weighted by atomic mass is 16.7. The number of esters is 4. The lowest BCUT2D eigenvalue weighted by molar-refractivity contribution is -0.301. The first-order valence-corrected chi connectivity index (χ1v) is 9.63. The number of rotatable bonds is 8. The van der Waals surface area contributed by atoms with Crippen LogP contribution in [0.15, 0.2) is 30.3 Å². The van der Waals surface area contributed by atoms with Crippen LogP contribution in [0.3, 0.4) is 0 Å². The van der Waals surface area contributed by atoms with Crippen molar-refractivity contribution in [3.63, 3.8) is 0 Å². The summed E-state index contributed by atoms with van der Waals surface area (Å²) >= 11 is 0. The van der Waals surface area contributed by atoms with Crippen LogP contribution in [0.1, 0.15) is 33.3 Å². The number of carbonyl (C=O) groups is 4. The molecule has 0 radical (unpaired) electrons. The zero-order valence-electron chi connectivity index (χ0n) is 17.8. The predicted octanol–water partition coefficient (Wildman–Crippen LogP) is 1.29. The number of hydrogen-bond donors (Lipinski definition) is 0. The van der Waals surface area contributed by atoms with Crippen molar-refractivity contribution in [1.29, 1.82) is 0 Å². The van der Waals surface area contributed by atoms with E-state index in [0.717, 1.165) is 26.3 Å². The van der Waals surface area contributed by atoms with Crippen molar-refractivity contribution >= 4 is 23.9 Å². The third kappa shape index (κ3) is 7.65. The van der Waals surface area contributed by atoms with Crippen LogP contribution in [-0.4, -0.2) is 61.2 Å². The molecule has 1 aromatic rings. The van der Waals surface area contributed by atoms with E-state index in [1.54, 1.807) is 0 Å². The molecule has 0 aromatic heterocycles. The Hall–Kier alpha value is -2.98. The second kappa shape index (κ2) is 11.4. The Morgan fingerprint density at radius 2 is 1.26 bits per heavy atom. The van der Waals surface area contributed by atoms with Crippen molar-refractivity contribution in [2.75, 3.05) is 6.61 Å². The highest BCUT2D eigenvalue weighted by Gasteiger charge is 2.53. The highest BCUT2D eigenvalue weighted by Crippen LogP contribution is 2.30. The molecule has 1 fully saturated rings. The van der Waals surface area contributed by atoms with Gasteiger partial charge in [0.2, 0.25) is 12.4 Å². The van der Waals surface area contributed by atoms with Gasteiger partial charge >= 0.3 is 23.9 Å². The molecule has 1 aliphatic rings. The van der Waals surface area contributed by atoms with E-state index in [-0.39, 0.29) is 13.2 Å². The minimum Gasteiger partial charge on any atom is -0.456 e. The molecule has 1 saturated heterocycles. The summed E-state index contributed by atoms with van der Waals surface area (Å²) in [7, 11) is 0. The molecule has 0 N–H and O–H groups in total. The summed E-state index contributed by atoms with van der Waals surface area (Å²) in [5.41, 5.74) is 0.896. The fraction of sp³-hybridized carbons (Fsp3) is 0.524. The number of hydrogen-bond acceptors (Lipinski definition) is 10. The van der Waals surface area contributed by atoms with Crippen LogP contribution in [0, 0.1) is 0 Å². The lowest BCUT2D eigenvalue weighted by Crippen LogP contribution is -2.63. The molecule has 10 nitrogen and oxygen atoms in total. The van der Waals surface area contributed by atoms with E-state index in [2.05, 4.69) is 0 Å². The number of benzene rings is 1. The van der Waals surface area contributed by atoms with Crippen molar-refractivity contribution in [2.24, 2.45) is 0 Å². The Labute approximate surface area is 179 Å². The molecular formula is C21H26O10. The van der Waals surface area contributed by atoms with E-state index in [9.17, 15) is 19.2 Å². The summed E-state index contributed by atoms with van der Waals surface area (Å²) in [6, 6.07) is 9.31. The summed E-state index contributed by atoms with van der Waals surface area (Å²) in [5.74, 6) is -2.83. The lowest BCUT2D eigenvalue weighted by Gasteiger charge is -2.43. The van der Waals surface area contributed by atoms with Gasteiger partial charge in [0.25, 0.3) is 0 Å². The largest absolute Gasteiger partial charge is 0.456 e. The fourth-order valence-electron chi connectivity index (χ4n) is 3.11. The topological polar surface area (TPSA) is 124 Å². The van der Waals surface area contributed by atoms with Crippen LogP contribution < -0.4 is 0 Å². The van der Waals surface area contributed by atoms with Crippen molar-refractivity contribution in [1.82, 2.24) is 0 Å². The van der Waals surface area contributed by atoms with Crippen LogP contribution in [0.25, 0.3) is 0 Å². The van der Waals surface area contributed by atoms with E-state index in [4.69, 9.17) is 28.4 Å². The van der Waals surface area contributed by atoms with Gasteiger partial charge in [-0.25, -0.2) is 0 Å². The van der Waals surface area contributed by atoms with Gasteiger partial charge in [0.05, 0.1) is 13.2 Å². The van der Waals surface area contributed by atoms with Gasteiger partial charge in [0.1, 0.15) is 6.10 Å². The highest BCUT2D eigenvalue weighted by molar-refractivity contribution is 5.69. The summed E-state index contributed by atoms with van der Waals surface area (Å²) in [6.07, 6.45) is -6.18. The fourth-order valence-corrected chi connectivity index (χ4v) is 3.11. The van der Waals surface area contributed by atoms with Crippen molar-refractivity contribution in [3.8, 4) is 0 Å². The minimum absolute atomic E-state index is 0.0881. The second-order valence-electron chi connectivity index (χ2n) is 6.88. The van der Waals surface area contributed by atoms with Crippen LogP contribution in [0.2, 0.25) is 0 Å². The summed E-state index contributed by atoms with van der Waals surface area (Å²) in [4.78, 5) is 46.6. The van der Waals surface area contributed by atoms with E-state index >= 15 is 0 Å². The second-order valence-corrected chi connectivity index (χ2v) is 6.88. The molecule has 10 heteroatoms. The van der Waals surface area contributed by atoms with E-state index in [0.29, 0.717) is 0 Å². The van der Waals surface area contributed by atoms with Gasteiger partial charge in [-0.05, 0) is 5.56 Å². The molecule has 0 bridgehead atoms. The zero-order chi connectivity index (χ0) is 23.0. The molecule has 1 aliphatic heterocycles. The molecule has 2 rings (SSSR count). The minimum atomic E-state index is -1.40. The third-order valence-electron chi connectivity index (χ3n) is 4.17. The van der Waals surface area contributed by atoms with Gasteiger partial charge in [0, 0.05) is 27.7 Å². The first-order chi connectivity index (χ1) is 14.7. The molecular weight excluding hydrogens is 412 g/mol. The Balaban J connectivity index is 2.28. The average molecular weight is 438 g/mol. The predicted molar refractivity (Wildman–Crippen MR) is 103 cm³/mol. The Morgan fingerprint density at radius 1 is 0.742 bits per heavy atom. The Morgan fingerprint density at radius 3 is 1.81 bits per heavy atom. The molecule has 0 spiro atoms. The first kappa shape index (κ1) is 24.3. The van der Waals surface area contributed by atoms with Crippen molar-refractivity contribution < 1.29 is 47.6 Å². The van der Waals surface area contributed by atoms with Crippen LogP contribution in [0.4, 0.5) is 0 Å². The van der Waals surface area contributed by atoms with E-state index in [1.807, 2.05) is 30.3 Å². The lowest BCUT2D eigenvalue weighted by atomic mass is 9.98. The monoisotopic (exact) mass is 438 g/mol. The smallest absolute Gasteiger partial charge is 0.305 e. The van der Waals surface area contributed by atoms with Crippen LogP contribution in [0.5, 0.6) is 0 Å². The third-order valence-corrected chi connectivity index (χ3v) is 4.17. The molecule has 1 heterocycles. The van der Waals surface area contributed by atoms with Gasteiger partial charge in [-0.1, -0.05) is 30.3 Å². The molecule has 0 saturated carbocycles. The van der Waals surface area contributed by atoms with E-state index in [1.165, 1.54) is 6.92 Å². The molecule has 1 unspecified atom stereocenters. The average Bonchev–Trinajstić information content (AvgIpc) is 2.66. The molecule has 5 atom stereocenters. The van der Waals surface area contributed by atoms with Crippen molar-refractivity contribution in [2.45, 2.75) is 65.0 Å². The maximum absolute atomic E-state index is 11.7. The van der Waals surface area contributed by atoms with Gasteiger partial charge in [-0.2, -0.15) is 0 Å². The molecule has 0 amide bonds. The van der Waals surface area contributed by atoms with Gasteiger partial charge in [-0.3, -0.25) is 19.2 Å². The standard InChI is InChI=1S/C21H26O10/c1-12(22)27-18-17(11-26-10-16-8-6-5-7-9-16)31-21(30-15(4)25)20(29-14(3)24)19(18)28-13(2)23/h5-9,17-21H,10-11H2,1-4H3/t17-,18+,19+,20+,21?/m0/s1. The SMILES string of the molecule is CC(=O)OC1O[C@@H](COCc2ccccc2)[C@@H](OC(C)=O)[C@@H](OC(C)=O)[C@H]1OC(C)=O. The molecule has 31 heavy (non-hydrogen) atoms. The summed E-state index contributed by atoms with van der Waals surface area (Å²) in [5, 5.41) is 0. The maximum Gasteiger partial charge on any atom is 0.305 e. The first-order valence-electron chi connectivity index (χ1n) is 9.63. The van der Waals surface area contributed by atoms with Gasteiger partial charge in [-0.15, -0.1) is 0 Å². The van der Waals surface area contributed by atoms with E-state index < -0.39 is 54.6 Å². The number of carbonyl (C=O) groups excluding carboxylic acids is 4. The quantitative estimate of drug-likeness (QED) is 0.433. The van der Waals surface area contributed by atoms with Gasteiger partial charge in [0.15, 0.2) is 12.2 Å². The normalized spacial score (nSPS) is 25.2. The summed E-state index contributed by atoms with van der Waals surface area (Å²) in [6.45, 7) is 4.74. The summed E-state index contributed by atoms with van der Waals surface area (Å²) < 4.78 is 32.4. The number of ether oxygens (including phenoxy) is 6. The molecule has 0 aliphatic carbocycles. The molecule has 170 valence electrons. The van der Waals surface area contributed by atoms with Gasteiger partial charge < -0.3 is 28.4 Å². The van der Waals surface area contributed by atoms with Crippen LogP contribution >= 0.6 is 0 Å². The zero-order valence-corrected chi connectivity index (χ0v) is 17.8. The van der Waals surface area contributed by atoms with Crippen LogP contribution in [-0.2, 0) is 54.2 Å². The Bertz CT molecular complexity index is 778. The Kier molecular flexibility index (Phi) is 8.95.